The van der Waals surface area contributed by atoms with Gasteiger partial charge in [0.05, 0.1) is 5.75 Å². The maximum absolute atomic E-state index is 12.8. The highest BCUT2D eigenvalue weighted by molar-refractivity contribution is 7.99. The van der Waals surface area contributed by atoms with E-state index in [0.29, 0.717) is 11.6 Å². The van der Waals surface area contributed by atoms with Crippen LogP contribution >= 0.6 is 11.8 Å². The first-order chi connectivity index (χ1) is 10.2. The molecular weight excluding hydrogens is 289 g/mol. The number of rotatable bonds is 5. The molecule has 1 aromatic carbocycles. The minimum Gasteiger partial charge on any atom is -0.388 e. The lowest BCUT2D eigenvalue weighted by Gasteiger charge is -2.05. The third kappa shape index (κ3) is 4.31. The number of hydrogen-bond acceptors (Lipinski definition) is 4. The fourth-order valence-electron chi connectivity index (χ4n) is 1.76. The van der Waals surface area contributed by atoms with Gasteiger partial charge in [-0.3, -0.25) is 0 Å². The molecule has 2 rings (SSSR count). The van der Waals surface area contributed by atoms with Gasteiger partial charge in [0, 0.05) is 12.1 Å². The van der Waals surface area contributed by atoms with Crippen LogP contribution in [0.15, 0.2) is 29.4 Å². The molecular formula is C15H16FN3OS. The lowest BCUT2D eigenvalue weighted by atomic mass is 10.2. The predicted octanol–water partition coefficient (Wildman–Crippen LogP) is 2.46. The van der Waals surface area contributed by atoms with Crippen molar-refractivity contribution in [1.82, 2.24) is 14.8 Å². The molecule has 0 aliphatic heterocycles. The monoisotopic (exact) mass is 305 g/mol. The second-order valence-electron chi connectivity index (χ2n) is 4.31. The molecule has 0 aliphatic carbocycles. The summed E-state index contributed by atoms with van der Waals surface area (Å²) in [7, 11) is 0. The molecule has 0 spiro atoms. The highest BCUT2D eigenvalue weighted by Gasteiger charge is 2.10. The number of thioether (sulfide) groups is 1. The Bertz CT molecular complexity index is 643. The molecule has 0 atom stereocenters. The first kappa shape index (κ1) is 15.5. The Morgan fingerprint density at radius 2 is 2.05 bits per heavy atom. The molecule has 0 saturated carbocycles. The van der Waals surface area contributed by atoms with Crippen LogP contribution in [0.3, 0.4) is 0 Å². The van der Waals surface area contributed by atoms with Crippen LogP contribution in [0.4, 0.5) is 4.39 Å². The molecule has 0 amide bonds. The SMILES string of the molecule is CCCn1c(CO)nnc1SCC#Cc1ccc(F)cc1. The van der Waals surface area contributed by atoms with Gasteiger partial charge in [-0.25, -0.2) is 4.39 Å². The van der Waals surface area contributed by atoms with E-state index < -0.39 is 0 Å². The topological polar surface area (TPSA) is 50.9 Å². The molecule has 4 nitrogen and oxygen atoms in total. The fraction of sp³-hybridized carbons (Fsp3) is 0.333. The van der Waals surface area contributed by atoms with Gasteiger partial charge in [0.15, 0.2) is 11.0 Å². The van der Waals surface area contributed by atoms with Gasteiger partial charge in [-0.1, -0.05) is 30.5 Å². The van der Waals surface area contributed by atoms with Crippen LogP contribution in [0.2, 0.25) is 0 Å². The van der Waals surface area contributed by atoms with Crippen molar-refractivity contribution in [2.45, 2.75) is 31.7 Å². The molecule has 0 saturated heterocycles. The second-order valence-corrected chi connectivity index (χ2v) is 5.25. The first-order valence-electron chi connectivity index (χ1n) is 6.64. The fourth-order valence-corrected chi connectivity index (χ4v) is 2.49. The highest BCUT2D eigenvalue weighted by Crippen LogP contribution is 2.17. The third-order valence-corrected chi connectivity index (χ3v) is 3.58. The molecule has 6 heteroatoms. The Morgan fingerprint density at radius 1 is 1.29 bits per heavy atom. The molecule has 21 heavy (non-hydrogen) atoms. The molecule has 110 valence electrons. The number of aliphatic hydroxyl groups is 1. The molecule has 1 N–H and O–H groups in total. The Morgan fingerprint density at radius 3 is 2.71 bits per heavy atom. The summed E-state index contributed by atoms with van der Waals surface area (Å²) in [5, 5.41) is 18.0. The van der Waals surface area contributed by atoms with Gasteiger partial charge < -0.3 is 9.67 Å². The number of nitrogens with zero attached hydrogens (tertiary/aromatic N) is 3. The Hall–Kier alpha value is -1.84. The van der Waals surface area contributed by atoms with Crippen LogP contribution in [0.25, 0.3) is 0 Å². The van der Waals surface area contributed by atoms with Crippen LogP contribution in [-0.4, -0.2) is 25.6 Å². The summed E-state index contributed by atoms with van der Waals surface area (Å²) in [5.41, 5.74) is 0.781. The standard InChI is InChI=1S/C15H16FN3OS/c1-2-9-19-14(11-20)17-18-15(19)21-10-3-4-12-5-7-13(16)8-6-12/h5-8,20H,2,9-11H2,1H3. The minimum absolute atomic E-state index is 0.116. The van der Waals surface area contributed by atoms with Gasteiger partial charge >= 0.3 is 0 Å². The van der Waals surface area contributed by atoms with E-state index in [1.807, 2.05) is 4.57 Å². The minimum atomic E-state index is -0.265. The van der Waals surface area contributed by atoms with Crippen molar-refractivity contribution in [3.63, 3.8) is 0 Å². The van der Waals surface area contributed by atoms with E-state index in [-0.39, 0.29) is 12.4 Å². The normalized spacial score (nSPS) is 10.2. The number of aliphatic hydroxyl groups excluding tert-OH is 1. The van der Waals surface area contributed by atoms with Crippen molar-refractivity contribution in [2.75, 3.05) is 5.75 Å². The number of benzene rings is 1. The van der Waals surface area contributed by atoms with Crippen LogP contribution in [0.5, 0.6) is 0 Å². The van der Waals surface area contributed by atoms with Crippen LogP contribution < -0.4 is 0 Å². The molecule has 0 unspecified atom stereocenters. The van der Waals surface area contributed by atoms with Gasteiger partial charge in [0.25, 0.3) is 0 Å². The largest absolute Gasteiger partial charge is 0.388 e. The molecule has 2 aromatic rings. The van der Waals surface area contributed by atoms with Crippen molar-refractivity contribution in [1.29, 1.82) is 0 Å². The number of halogens is 1. The summed E-state index contributed by atoms with van der Waals surface area (Å²) in [6, 6.07) is 6.08. The van der Waals surface area contributed by atoms with E-state index in [1.54, 1.807) is 12.1 Å². The summed E-state index contributed by atoms with van der Waals surface area (Å²) in [6.07, 6.45) is 0.944. The smallest absolute Gasteiger partial charge is 0.192 e. The van der Waals surface area contributed by atoms with Gasteiger partial charge in [0.2, 0.25) is 0 Å². The van der Waals surface area contributed by atoms with Crippen molar-refractivity contribution in [2.24, 2.45) is 0 Å². The lowest BCUT2D eigenvalue weighted by Crippen LogP contribution is -2.04. The molecule has 1 aromatic heterocycles. The zero-order chi connectivity index (χ0) is 15.1. The maximum atomic E-state index is 12.8. The first-order valence-corrected chi connectivity index (χ1v) is 7.63. The second kappa shape index (κ2) is 7.81. The average Bonchev–Trinajstić information content (AvgIpc) is 2.88. The van der Waals surface area contributed by atoms with E-state index in [1.165, 1.54) is 23.9 Å². The molecule has 0 fully saturated rings. The summed E-state index contributed by atoms with van der Waals surface area (Å²) >= 11 is 1.48. The van der Waals surface area contributed by atoms with Crippen LogP contribution in [-0.2, 0) is 13.2 Å². The molecule has 0 aliphatic rings. The predicted molar refractivity (Wildman–Crippen MR) is 80.2 cm³/mol. The van der Waals surface area contributed by atoms with Crippen molar-refractivity contribution < 1.29 is 9.50 Å². The van der Waals surface area contributed by atoms with Crippen LogP contribution in [0, 0.1) is 17.7 Å². The summed E-state index contributed by atoms with van der Waals surface area (Å²) in [5.74, 6) is 6.85. The lowest BCUT2D eigenvalue weighted by molar-refractivity contribution is 0.263. The van der Waals surface area contributed by atoms with Gasteiger partial charge in [-0.05, 0) is 30.7 Å². The van der Waals surface area contributed by atoms with E-state index in [9.17, 15) is 9.50 Å². The quantitative estimate of drug-likeness (QED) is 0.681. The number of hydrogen-bond donors (Lipinski definition) is 1. The van der Waals surface area contributed by atoms with E-state index in [0.717, 1.165) is 23.7 Å². The zero-order valence-electron chi connectivity index (χ0n) is 11.7. The Balaban J connectivity index is 1.97. The average molecular weight is 305 g/mol. The molecule has 0 radical (unpaired) electrons. The Labute approximate surface area is 127 Å². The number of aromatic nitrogens is 3. The van der Waals surface area contributed by atoms with Crippen molar-refractivity contribution >= 4 is 11.8 Å². The maximum Gasteiger partial charge on any atom is 0.192 e. The van der Waals surface area contributed by atoms with Gasteiger partial charge in [-0.15, -0.1) is 10.2 Å². The summed E-state index contributed by atoms with van der Waals surface area (Å²) in [6.45, 7) is 2.72. The van der Waals surface area contributed by atoms with Crippen LogP contribution in [0.1, 0.15) is 24.7 Å². The van der Waals surface area contributed by atoms with E-state index >= 15 is 0 Å². The van der Waals surface area contributed by atoms with Crippen molar-refractivity contribution in [3.8, 4) is 11.8 Å². The molecule has 1 heterocycles. The van der Waals surface area contributed by atoms with Gasteiger partial charge in [-0.2, -0.15) is 0 Å². The van der Waals surface area contributed by atoms with E-state index in [4.69, 9.17) is 0 Å². The zero-order valence-corrected chi connectivity index (χ0v) is 12.5. The summed E-state index contributed by atoms with van der Waals surface area (Å²) in [4.78, 5) is 0. The highest BCUT2D eigenvalue weighted by atomic mass is 32.2. The third-order valence-electron chi connectivity index (χ3n) is 2.73. The van der Waals surface area contributed by atoms with Crippen molar-refractivity contribution in [3.05, 3.63) is 41.5 Å². The Kier molecular flexibility index (Phi) is 5.78. The summed E-state index contributed by atoms with van der Waals surface area (Å²) < 4.78 is 14.7. The van der Waals surface area contributed by atoms with E-state index in [2.05, 4.69) is 29.0 Å². The molecule has 0 bridgehead atoms. The van der Waals surface area contributed by atoms with Gasteiger partial charge in [0.1, 0.15) is 12.4 Å².